The molecule has 0 unspecified atom stereocenters. The molecule has 1 aromatic carbocycles. The van der Waals surface area contributed by atoms with Crippen LogP contribution in [0.25, 0.3) is 0 Å². The number of nitrogens with one attached hydrogen (secondary N) is 1. The molecule has 102 valence electrons. The van der Waals surface area contributed by atoms with Gasteiger partial charge >= 0.3 is 0 Å². The van der Waals surface area contributed by atoms with Crippen LogP contribution in [0.3, 0.4) is 0 Å². The molecule has 0 atom stereocenters. The Morgan fingerprint density at radius 3 is 2.68 bits per heavy atom. The van der Waals surface area contributed by atoms with E-state index in [2.05, 4.69) is 27.6 Å². The van der Waals surface area contributed by atoms with Crippen molar-refractivity contribution < 1.29 is 4.39 Å². The summed E-state index contributed by atoms with van der Waals surface area (Å²) in [6.07, 6.45) is 0. The summed E-state index contributed by atoms with van der Waals surface area (Å²) >= 11 is 1.68. The lowest BCUT2D eigenvalue weighted by Crippen LogP contribution is -2.24. The fourth-order valence-electron chi connectivity index (χ4n) is 1.80. The second kappa shape index (κ2) is 6.63. The van der Waals surface area contributed by atoms with Gasteiger partial charge in [0.15, 0.2) is 0 Å². The average Bonchev–Trinajstić information content (AvgIpc) is 2.77. The maximum absolute atomic E-state index is 12.7. The van der Waals surface area contributed by atoms with Gasteiger partial charge in [-0.3, -0.25) is 4.90 Å². The molecule has 19 heavy (non-hydrogen) atoms. The number of anilines is 1. The second-order valence-electron chi connectivity index (χ2n) is 4.53. The maximum Gasteiger partial charge on any atom is 0.123 e. The first kappa shape index (κ1) is 14.0. The van der Waals surface area contributed by atoms with Crippen LogP contribution in [-0.2, 0) is 6.54 Å². The first-order valence-corrected chi connectivity index (χ1v) is 7.10. The normalized spacial score (nSPS) is 10.9. The molecule has 0 saturated carbocycles. The minimum absolute atomic E-state index is 0.207. The number of aryl methyl sites for hydroxylation is 1. The molecule has 0 amide bonds. The van der Waals surface area contributed by atoms with Gasteiger partial charge in [0, 0.05) is 30.7 Å². The molecule has 2 aromatic rings. The number of rotatable bonds is 6. The third kappa shape index (κ3) is 4.61. The van der Waals surface area contributed by atoms with Gasteiger partial charge < -0.3 is 5.32 Å². The van der Waals surface area contributed by atoms with Crippen molar-refractivity contribution in [2.45, 2.75) is 13.5 Å². The molecule has 1 N–H and O–H groups in total. The highest BCUT2D eigenvalue weighted by Crippen LogP contribution is 2.10. The van der Waals surface area contributed by atoms with Crippen molar-refractivity contribution in [1.82, 2.24) is 9.88 Å². The number of halogens is 1. The zero-order chi connectivity index (χ0) is 13.7. The van der Waals surface area contributed by atoms with E-state index in [1.54, 1.807) is 23.5 Å². The molecule has 2 rings (SSSR count). The minimum atomic E-state index is -0.207. The topological polar surface area (TPSA) is 28.2 Å². The Hall–Kier alpha value is -1.46. The number of benzene rings is 1. The third-order valence-electron chi connectivity index (χ3n) is 2.77. The first-order chi connectivity index (χ1) is 9.13. The van der Waals surface area contributed by atoms with Crippen molar-refractivity contribution in [3.63, 3.8) is 0 Å². The number of thiazole rings is 1. The number of aromatic nitrogens is 1. The van der Waals surface area contributed by atoms with Gasteiger partial charge in [0.2, 0.25) is 0 Å². The van der Waals surface area contributed by atoms with E-state index < -0.39 is 0 Å². The zero-order valence-electron chi connectivity index (χ0n) is 11.2. The van der Waals surface area contributed by atoms with Gasteiger partial charge in [0.1, 0.15) is 5.82 Å². The van der Waals surface area contributed by atoms with Crippen molar-refractivity contribution in [1.29, 1.82) is 0 Å². The Balaban J connectivity index is 1.71. The van der Waals surface area contributed by atoms with Crippen molar-refractivity contribution in [3.8, 4) is 0 Å². The summed E-state index contributed by atoms with van der Waals surface area (Å²) in [6, 6.07) is 6.42. The summed E-state index contributed by atoms with van der Waals surface area (Å²) in [7, 11) is 2.07. The van der Waals surface area contributed by atoms with E-state index in [9.17, 15) is 4.39 Å². The molecule has 1 aromatic heterocycles. The van der Waals surface area contributed by atoms with E-state index in [0.29, 0.717) is 0 Å². The van der Waals surface area contributed by atoms with Gasteiger partial charge in [0.05, 0.1) is 10.7 Å². The predicted octanol–water partition coefficient (Wildman–Crippen LogP) is 3.13. The van der Waals surface area contributed by atoms with Crippen LogP contribution in [0.2, 0.25) is 0 Å². The average molecular weight is 279 g/mol. The van der Waals surface area contributed by atoms with Gasteiger partial charge in [-0.1, -0.05) is 0 Å². The number of nitrogens with zero attached hydrogens (tertiary/aromatic N) is 2. The second-order valence-corrected chi connectivity index (χ2v) is 5.59. The Kier molecular flexibility index (Phi) is 4.87. The molecule has 0 aliphatic rings. The smallest absolute Gasteiger partial charge is 0.123 e. The van der Waals surface area contributed by atoms with Crippen LogP contribution in [0.4, 0.5) is 10.1 Å². The molecule has 0 radical (unpaired) electrons. The van der Waals surface area contributed by atoms with Crippen LogP contribution in [0, 0.1) is 12.7 Å². The van der Waals surface area contributed by atoms with Crippen LogP contribution in [0.5, 0.6) is 0 Å². The molecule has 0 aliphatic heterocycles. The third-order valence-corrected chi connectivity index (χ3v) is 3.59. The quantitative estimate of drug-likeness (QED) is 0.880. The molecular weight excluding hydrogens is 261 g/mol. The zero-order valence-corrected chi connectivity index (χ0v) is 12.0. The summed E-state index contributed by atoms with van der Waals surface area (Å²) in [5, 5.41) is 6.47. The Morgan fingerprint density at radius 2 is 2.05 bits per heavy atom. The highest BCUT2D eigenvalue weighted by Gasteiger charge is 2.03. The summed E-state index contributed by atoms with van der Waals surface area (Å²) < 4.78 is 12.7. The van der Waals surface area contributed by atoms with Crippen LogP contribution < -0.4 is 5.32 Å². The monoisotopic (exact) mass is 279 g/mol. The molecule has 0 aliphatic carbocycles. The fourth-order valence-corrected chi connectivity index (χ4v) is 2.40. The largest absolute Gasteiger partial charge is 0.384 e. The van der Waals surface area contributed by atoms with Gasteiger partial charge in [-0.15, -0.1) is 11.3 Å². The van der Waals surface area contributed by atoms with E-state index in [4.69, 9.17) is 0 Å². The van der Waals surface area contributed by atoms with E-state index in [0.717, 1.165) is 36.0 Å². The van der Waals surface area contributed by atoms with Crippen LogP contribution in [0.15, 0.2) is 29.6 Å². The van der Waals surface area contributed by atoms with Gasteiger partial charge in [-0.2, -0.15) is 0 Å². The summed E-state index contributed by atoms with van der Waals surface area (Å²) in [5.74, 6) is -0.207. The number of hydrogen-bond donors (Lipinski definition) is 1. The van der Waals surface area contributed by atoms with Gasteiger partial charge in [-0.05, 0) is 38.2 Å². The molecule has 1 heterocycles. The van der Waals surface area contributed by atoms with E-state index >= 15 is 0 Å². The SMILES string of the molecule is Cc1nc(CN(C)CCNc2ccc(F)cc2)cs1. The summed E-state index contributed by atoms with van der Waals surface area (Å²) in [6.45, 7) is 4.61. The van der Waals surface area contributed by atoms with Crippen molar-refractivity contribution in [2.75, 3.05) is 25.5 Å². The molecule has 0 bridgehead atoms. The van der Waals surface area contributed by atoms with Crippen LogP contribution in [-0.4, -0.2) is 30.0 Å². The van der Waals surface area contributed by atoms with Crippen molar-refractivity contribution in [3.05, 3.63) is 46.2 Å². The highest BCUT2D eigenvalue weighted by molar-refractivity contribution is 7.09. The van der Waals surface area contributed by atoms with Crippen molar-refractivity contribution in [2.24, 2.45) is 0 Å². The summed E-state index contributed by atoms with van der Waals surface area (Å²) in [4.78, 5) is 6.65. The predicted molar refractivity (Wildman–Crippen MR) is 78.1 cm³/mol. The Labute approximate surface area is 117 Å². The number of likely N-dealkylation sites (N-methyl/N-ethyl adjacent to an activating group) is 1. The lowest BCUT2D eigenvalue weighted by Gasteiger charge is -2.16. The van der Waals surface area contributed by atoms with Gasteiger partial charge in [-0.25, -0.2) is 9.37 Å². The molecule has 0 fully saturated rings. The van der Waals surface area contributed by atoms with Crippen LogP contribution >= 0.6 is 11.3 Å². The van der Waals surface area contributed by atoms with Crippen molar-refractivity contribution >= 4 is 17.0 Å². The Morgan fingerprint density at radius 1 is 1.32 bits per heavy atom. The van der Waals surface area contributed by atoms with Crippen LogP contribution in [0.1, 0.15) is 10.7 Å². The molecule has 3 nitrogen and oxygen atoms in total. The molecule has 0 saturated heterocycles. The lowest BCUT2D eigenvalue weighted by atomic mass is 10.3. The molecule has 0 spiro atoms. The molecule has 5 heteroatoms. The Bertz CT molecular complexity index is 510. The maximum atomic E-state index is 12.7. The van der Waals surface area contributed by atoms with E-state index in [-0.39, 0.29) is 5.82 Å². The minimum Gasteiger partial charge on any atom is -0.384 e. The molecular formula is C14H18FN3S. The summed E-state index contributed by atoms with van der Waals surface area (Å²) in [5.41, 5.74) is 2.06. The highest BCUT2D eigenvalue weighted by atomic mass is 32.1. The fraction of sp³-hybridized carbons (Fsp3) is 0.357. The number of hydrogen-bond acceptors (Lipinski definition) is 4. The van der Waals surface area contributed by atoms with E-state index in [1.807, 2.05) is 6.92 Å². The lowest BCUT2D eigenvalue weighted by molar-refractivity contribution is 0.336. The standard InChI is InChI=1S/C14H18FN3S/c1-11-17-14(10-19-11)9-18(2)8-7-16-13-5-3-12(15)4-6-13/h3-6,10,16H,7-9H2,1-2H3. The van der Waals surface area contributed by atoms with Gasteiger partial charge in [0.25, 0.3) is 0 Å². The van der Waals surface area contributed by atoms with E-state index in [1.165, 1.54) is 12.1 Å². The first-order valence-electron chi connectivity index (χ1n) is 6.22.